The fourth-order valence-electron chi connectivity index (χ4n) is 0.840. The van der Waals surface area contributed by atoms with E-state index >= 15 is 0 Å². The molecule has 1 heterocycles. The number of hydrogen-bond donors (Lipinski definition) is 2. The summed E-state index contributed by atoms with van der Waals surface area (Å²) in [5.74, 6) is 0.536. The number of rotatable bonds is 2. The fraction of sp³-hybridized carbons (Fsp3) is 0.667. The minimum atomic E-state index is 0.103. The summed E-state index contributed by atoms with van der Waals surface area (Å²) >= 11 is 5.67. The third kappa shape index (κ3) is 3.51. The van der Waals surface area contributed by atoms with Gasteiger partial charge < -0.3 is 11.1 Å². The summed E-state index contributed by atoms with van der Waals surface area (Å²) in [4.78, 5) is 11.6. The molecule has 0 radical (unpaired) electrons. The van der Waals surface area contributed by atoms with E-state index in [0.29, 0.717) is 5.95 Å². The lowest BCUT2D eigenvalue weighted by Crippen LogP contribution is -2.31. The molecule has 1 atom stereocenters. The Labute approximate surface area is 94.5 Å². The van der Waals surface area contributed by atoms with E-state index in [1.165, 1.54) is 0 Å². The number of anilines is 2. The summed E-state index contributed by atoms with van der Waals surface area (Å²) in [6, 6.07) is 0.204. The Kier molecular flexibility index (Phi) is 3.34. The number of nitrogens with zero attached hydrogens (tertiary/aromatic N) is 3. The van der Waals surface area contributed by atoms with Gasteiger partial charge in [-0.05, 0) is 23.9 Å². The average Bonchev–Trinajstić information content (AvgIpc) is 1.99. The Morgan fingerprint density at radius 1 is 1.27 bits per heavy atom. The van der Waals surface area contributed by atoms with Crippen LogP contribution in [0.1, 0.15) is 27.7 Å². The Balaban J connectivity index is 2.81. The maximum Gasteiger partial charge on any atom is 0.229 e. The SMILES string of the molecule is CC(Nc1nc(N)nc(Cl)n1)C(C)(C)C. The van der Waals surface area contributed by atoms with Crippen LogP contribution in [0.4, 0.5) is 11.9 Å². The molecular formula is C9H16ClN5. The van der Waals surface area contributed by atoms with Gasteiger partial charge in [0.15, 0.2) is 0 Å². The molecule has 0 aliphatic rings. The van der Waals surface area contributed by atoms with E-state index < -0.39 is 0 Å². The van der Waals surface area contributed by atoms with E-state index in [9.17, 15) is 0 Å². The molecule has 0 bridgehead atoms. The van der Waals surface area contributed by atoms with Crippen LogP contribution < -0.4 is 11.1 Å². The van der Waals surface area contributed by atoms with Crippen molar-refractivity contribution in [3.05, 3.63) is 5.28 Å². The third-order valence-corrected chi connectivity index (χ3v) is 2.44. The molecule has 0 saturated heterocycles. The van der Waals surface area contributed by atoms with E-state index in [2.05, 4.69) is 41.0 Å². The molecule has 3 N–H and O–H groups in total. The van der Waals surface area contributed by atoms with Crippen molar-refractivity contribution in [3.8, 4) is 0 Å². The van der Waals surface area contributed by atoms with Crippen LogP contribution in [0.15, 0.2) is 0 Å². The molecule has 0 aromatic carbocycles. The van der Waals surface area contributed by atoms with E-state index in [-0.39, 0.29) is 22.7 Å². The van der Waals surface area contributed by atoms with E-state index in [4.69, 9.17) is 17.3 Å². The highest BCUT2D eigenvalue weighted by Crippen LogP contribution is 2.21. The standard InChI is InChI=1S/C9H16ClN5/c1-5(9(2,3)4)12-8-14-6(10)13-7(11)15-8/h5H,1-4H3,(H3,11,12,13,14,15). The summed E-state index contributed by atoms with van der Waals surface area (Å²) in [6.07, 6.45) is 0. The van der Waals surface area contributed by atoms with Crippen molar-refractivity contribution >= 4 is 23.5 Å². The van der Waals surface area contributed by atoms with Gasteiger partial charge in [-0.2, -0.15) is 15.0 Å². The van der Waals surface area contributed by atoms with Crippen LogP contribution in [0.25, 0.3) is 0 Å². The van der Waals surface area contributed by atoms with Crippen molar-refractivity contribution in [2.75, 3.05) is 11.1 Å². The summed E-state index contributed by atoms with van der Waals surface area (Å²) in [5, 5.41) is 3.24. The van der Waals surface area contributed by atoms with Crippen LogP contribution in [0.5, 0.6) is 0 Å². The normalized spacial score (nSPS) is 13.7. The van der Waals surface area contributed by atoms with Gasteiger partial charge in [0.2, 0.25) is 17.2 Å². The first-order chi connectivity index (χ1) is 6.79. The Bertz CT molecular complexity index is 327. The molecule has 0 spiro atoms. The molecule has 0 saturated carbocycles. The molecule has 5 nitrogen and oxygen atoms in total. The van der Waals surface area contributed by atoms with Crippen LogP contribution in [-0.2, 0) is 0 Å². The minimum Gasteiger partial charge on any atom is -0.368 e. The molecule has 0 fully saturated rings. The number of nitrogen functional groups attached to an aromatic ring is 1. The zero-order valence-corrected chi connectivity index (χ0v) is 10.1. The maximum absolute atomic E-state index is 5.67. The highest BCUT2D eigenvalue weighted by Gasteiger charge is 2.20. The number of hydrogen-bond acceptors (Lipinski definition) is 5. The van der Waals surface area contributed by atoms with Gasteiger partial charge in [-0.15, -0.1) is 0 Å². The number of nitrogens with one attached hydrogen (secondary N) is 1. The zero-order valence-electron chi connectivity index (χ0n) is 9.37. The quantitative estimate of drug-likeness (QED) is 0.811. The second kappa shape index (κ2) is 4.18. The number of nitrogens with two attached hydrogens (primary N) is 1. The van der Waals surface area contributed by atoms with Gasteiger partial charge >= 0.3 is 0 Å². The average molecular weight is 230 g/mol. The highest BCUT2D eigenvalue weighted by molar-refractivity contribution is 6.28. The largest absolute Gasteiger partial charge is 0.368 e. The molecule has 84 valence electrons. The first-order valence-corrected chi connectivity index (χ1v) is 5.10. The van der Waals surface area contributed by atoms with E-state index in [0.717, 1.165) is 0 Å². The van der Waals surface area contributed by atoms with Gasteiger partial charge in [0, 0.05) is 6.04 Å². The Morgan fingerprint density at radius 3 is 2.33 bits per heavy atom. The molecule has 15 heavy (non-hydrogen) atoms. The lowest BCUT2D eigenvalue weighted by Gasteiger charge is -2.27. The molecule has 0 aliphatic carbocycles. The molecule has 1 rings (SSSR count). The maximum atomic E-state index is 5.67. The van der Waals surface area contributed by atoms with Gasteiger partial charge in [0.25, 0.3) is 0 Å². The second-order valence-electron chi connectivity index (χ2n) is 4.52. The first kappa shape index (κ1) is 12.0. The van der Waals surface area contributed by atoms with Gasteiger partial charge in [0.05, 0.1) is 0 Å². The lowest BCUT2D eigenvalue weighted by molar-refractivity contribution is 0.358. The van der Waals surface area contributed by atoms with Gasteiger partial charge in [-0.25, -0.2) is 0 Å². The second-order valence-corrected chi connectivity index (χ2v) is 4.86. The molecule has 0 aliphatic heterocycles. The molecule has 6 heteroatoms. The topological polar surface area (TPSA) is 76.7 Å². The Hall–Kier alpha value is -1.10. The monoisotopic (exact) mass is 229 g/mol. The van der Waals surface area contributed by atoms with E-state index in [1.807, 2.05) is 6.92 Å². The summed E-state index contributed by atoms with van der Waals surface area (Å²) < 4.78 is 0. The van der Waals surface area contributed by atoms with Crippen molar-refractivity contribution in [1.82, 2.24) is 15.0 Å². The molecule has 1 unspecified atom stereocenters. The zero-order chi connectivity index (χ0) is 11.6. The summed E-state index contributed by atoms with van der Waals surface area (Å²) in [6.45, 7) is 8.42. The van der Waals surface area contributed by atoms with Crippen LogP contribution in [0, 0.1) is 5.41 Å². The predicted octanol–water partition coefficient (Wildman–Crippen LogP) is 1.95. The van der Waals surface area contributed by atoms with Crippen molar-refractivity contribution in [2.24, 2.45) is 5.41 Å². The van der Waals surface area contributed by atoms with Crippen LogP contribution in [-0.4, -0.2) is 21.0 Å². The van der Waals surface area contributed by atoms with Crippen molar-refractivity contribution in [2.45, 2.75) is 33.7 Å². The molecule has 1 aromatic rings. The fourth-order valence-corrected chi connectivity index (χ4v) is 1.01. The number of aromatic nitrogens is 3. The molecular weight excluding hydrogens is 214 g/mol. The van der Waals surface area contributed by atoms with Crippen molar-refractivity contribution < 1.29 is 0 Å². The minimum absolute atomic E-state index is 0.103. The summed E-state index contributed by atoms with van der Waals surface area (Å²) in [7, 11) is 0. The van der Waals surface area contributed by atoms with Crippen molar-refractivity contribution in [3.63, 3.8) is 0 Å². The molecule has 0 amide bonds. The van der Waals surface area contributed by atoms with Crippen LogP contribution in [0.2, 0.25) is 5.28 Å². The van der Waals surface area contributed by atoms with Crippen LogP contribution >= 0.6 is 11.6 Å². The van der Waals surface area contributed by atoms with E-state index in [1.54, 1.807) is 0 Å². The third-order valence-electron chi connectivity index (χ3n) is 2.27. The Morgan fingerprint density at radius 2 is 1.87 bits per heavy atom. The highest BCUT2D eigenvalue weighted by atomic mass is 35.5. The summed E-state index contributed by atoms with van der Waals surface area (Å²) in [5.41, 5.74) is 5.56. The van der Waals surface area contributed by atoms with Gasteiger partial charge in [0.1, 0.15) is 0 Å². The van der Waals surface area contributed by atoms with Crippen LogP contribution in [0.3, 0.4) is 0 Å². The van der Waals surface area contributed by atoms with Gasteiger partial charge in [-0.3, -0.25) is 0 Å². The van der Waals surface area contributed by atoms with Crippen molar-refractivity contribution in [1.29, 1.82) is 0 Å². The van der Waals surface area contributed by atoms with Gasteiger partial charge in [-0.1, -0.05) is 20.8 Å². The lowest BCUT2D eigenvalue weighted by atomic mass is 9.88. The number of halogens is 1. The molecule has 1 aromatic heterocycles. The first-order valence-electron chi connectivity index (χ1n) is 4.72. The smallest absolute Gasteiger partial charge is 0.229 e. The predicted molar refractivity (Wildman–Crippen MR) is 61.8 cm³/mol.